The highest BCUT2D eigenvalue weighted by Crippen LogP contribution is 2.34. The largest absolute Gasteiger partial charge is 0.340 e. The van der Waals surface area contributed by atoms with E-state index in [1.807, 2.05) is 27.7 Å². The van der Waals surface area contributed by atoms with Crippen LogP contribution in [-0.4, -0.2) is 34.3 Å². The number of nitrogens with one attached hydrogen (secondary N) is 1. The lowest BCUT2D eigenvalue weighted by Crippen LogP contribution is -2.45. The highest BCUT2D eigenvalue weighted by atomic mass is 19.1. The van der Waals surface area contributed by atoms with Crippen molar-refractivity contribution in [3.05, 3.63) is 58.7 Å². The van der Waals surface area contributed by atoms with Gasteiger partial charge in [-0.1, -0.05) is 27.7 Å². The van der Waals surface area contributed by atoms with Crippen molar-refractivity contribution in [2.75, 3.05) is 11.9 Å². The van der Waals surface area contributed by atoms with Crippen LogP contribution in [0.2, 0.25) is 0 Å². The number of nitrogens with zero attached hydrogens (tertiary/aromatic N) is 2. The summed E-state index contributed by atoms with van der Waals surface area (Å²) >= 11 is 0. The Labute approximate surface area is 215 Å². The minimum absolute atomic E-state index is 0.231. The second-order valence-electron chi connectivity index (χ2n) is 11.3. The zero-order valence-corrected chi connectivity index (χ0v) is 23.0. The zero-order valence-electron chi connectivity index (χ0n) is 23.0. The average Bonchev–Trinajstić information content (AvgIpc) is 3.03. The molecule has 1 aliphatic heterocycles. The van der Waals surface area contributed by atoms with Gasteiger partial charge >= 0.3 is 0 Å². The third kappa shape index (κ3) is 6.51. The molecule has 2 heterocycles. The van der Waals surface area contributed by atoms with E-state index in [1.54, 1.807) is 18.2 Å². The molecule has 3 unspecified atom stereocenters. The molecule has 0 bridgehead atoms. The summed E-state index contributed by atoms with van der Waals surface area (Å²) in [6, 6.07) is 6.71. The molecule has 0 spiro atoms. The quantitative estimate of drug-likeness (QED) is 0.464. The Morgan fingerprint density at radius 3 is 2.56 bits per heavy atom. The van der Waals surface area contributed by atoms with Crippen molar-refractivity contribution in [2.45, 2.75) is 86.6 Å². The van der Waals surface area contributed by atoms with E-state index in [0.717, 1.165) is 55.5 Å². The van der Waals surface area contributed by atoms with E-state index in [4.69, 9.17) is 0 Å². The van der Waals surface area contributed by atoms with E-state index in [2.05, 4.69) is 36.0 Å². The van der Waals surface area contributed by atoms with Gasteiger partial charge in [0, 0.05) is 35.6 Å². The Balaban J connectivity index is 1.71. The SMILES string of the molecule is CCC(C)(C)C(=O)N1CCC(C(C)Cc2cc(F)cc(NC(=O)c3ccc(C)nc3)c2C)CCC1C. The first-order valence-electron chi connectivity index (χ1n) is 13.3. The normalized spacial score (nSPS) is 19.5. The zero-order chi connectivity index (χ0) is 26.6. The van der Waals surface area contributed by atoms with E-state index in [9.17, 15) is 14.0 Å². The molecule has 6 heteroatoms. The van der Waals surface area contributed by atoms with E-state index >= 15 is 0 Å². The van der Waals surface area contributed by atoms with Gasteiger partial charge in [-0.2, -0.15) is 0 Å². The first-order valence-corrected chi connectivity index (χ1v) is 13.3. The Morgan fingerprint density at radius 2 is 1.92 bits per heavy atom. The Morgan fingerprint density at radius 1 is 1.19 bits per heavy atom. The lowest BCUT2D eigenvalue weighted by atomic mass is 9.82. The maximum Gasteiger partial charge on any atom is 0.257 e. The fourth-order valence-corrected chi connectivity index (χ4v) is 5.08. The van der Waals surface area contributed by atoms with Crippen LogP contribution in [0.1, 0.15) is 87.5 Å². The van der Waals surface area contributed by atoms with E-state index < -0.39 is 0 Å². The van der Waals surface area contributed by atoms with Crippen molar-refractivity contribution in [1.82, 2.24) is 9.88 Å². The number of hydrogen-bond acceptors (Lipinski definition) is 3. The van der Waals surface area contributed by atoms with Crippen LogP contribution in [0.25, 0.3) is 0 Å². The number of hydrogen-bond donors (Lipinski definition) is 1. The second-order valence-corrected chi connectivity index (χ2v) is 11.3. The number of carbonyl (C=O) groups excluding carboxylic acids is 2. The third-order valence-corrected chi connectivity index (χ3v) is 8.20. The van der Waals surface area contributed by atoms with E-state index in [0.29, 0.717) is 23.1 Å². The van der Waals surface area contributed by atoms with Crippen molar-refractivity contribution < 1.29 is 14.0 Å². The van der Waals surface area contributed by atoms with Gasteiger partial charge in [0.25, 0.3) is 5.91 Å². The molecule has 5 nitrogen and oxygen atoms in total. The molecule has 0 radical (unpaired) electrons. The topological polar surface area (TPSA) is 62.3 Å². The van der Waals surface area contributed by atoms with Crippen molar-refractivity contribution in [1.29, 1.82) is 0 Å². The number of likely N-dealkylation sites (tertiary alicyclic amines) is 1. The van der Waals surface area contributed by atoms with Gasteiger partial charge in [-0.05, 0) is 100 Å². The van der Waals surface area contributed by atoms with Crippen LogP contribution in [0.3, 0.4) is 0 Å². The van der Waals surface area contributed by atoms with Crippen molar-refractivity contribution in [3.8, 4) is 0 Å². The maximum absolute atomic E-state index is 14.6. The van der Waals surface area contributed by atoms with Crippen LogP contribution in [0, 0.1) is 36.9 Å². The van der Waals surface area contributed by atoms with Crippen molar-refractivity contribution in [2.24, 2.45) is 17.3 Å². The fraction of sp³-hybridized carbons (Fsp3) is 0.567. The standard InChI is InChI=1S/C30H42FN3O2/c1-8-30(6,7)29(36)34-14-13-23(12-10-21(34)4)19(2)15-25-16-26(31)17-27(22(25)5)33-28(35)24-11-9-20(3)32-18-24/h9,11,16-19,21,23H,8,10,12-15H2,1-7H3,(H,33,35). The Kier molecular flexibility index (Phi) is 8.91. The molecule has 1 aliphatic rings. The predicted molar refractivity (Wildman–Crippen MR) is 144 cm³/mol. The fourth-order valence-electron chi connectivity index (χ4n) is 5.08. The van der Waals surface area contributed by atoms with Gasteiger partial charge in [0.1, 0.15) is 5.82 Å². The van der Waals surface area contributed by atoms with Crippen molar-refractivity contribution >= 4 is 17.5 Å². The Hall–Kier alpha value is -2.76. The average molecular weight is 496 g/mol. The molecule has 0 aliphatic carbocycles. The lowest BCUT2D eigenvalue weighted by molar-refractivity contribution is -0.142. The number of halogens is 1. The van der Waals surface area contributed by atoms with Crippen LogP contribution in [0.5, 0.6) is 0 Å². The highest BCUT2D eigenvalue weighted by molar-refractivity contribution is 6.04. The Bertz CT molecular complexity index is 1080. The molecule has 36 heavy (non-hydrogen) atoms. The minimum Gasteiger partial charge on any atom is -0.340 e. The smallest absolute Gasteiger partial charge is 0.257 e. The van der Waals surface area contributed by atoms with Crippen molar-refractivity contribution in [3.63, 3.8) is 0 Å². The molecule has 1 saturated heterocycles. The van der Waals surface area contributed by atoms with Crippen LogP contribution < -0.4 is 5.32 Å². The molecule has 0 saturated carbocycles. The summed E-state index contributed by atoms with van der Waals surface area (Å²) in [6.07, 6.45) is 6.07. The summed E-state index contributed by atoms with van der Waals surface area (Å²) in [4.78, 5) is 32.1. The molecular weight excluding hydrogens is 453 g/mol. The second kappa shape index (κ2) is 11.5. The van der Waals surface area contributed by atoms with Gasteiger partial charge in [-0.3, -0.25) is 14.6 Å². The predicted octanol–water partition coefficient (Wildman–Crippen LogP) is 6.72. The summed E-state index contributed by atoms with van der Waals surface area (Å²) in [6.45, 7) is 15.1. The lowest BCUT2D eigenvalue weighted by Gasteiger charge is -2.34. The van der Waals surface area contributed by atoms with Gasteiger partial charge in [0.2, 0.25) is 5.91 Å². The third-order valence-electron chi connectivity index (χ3n) is 8.20. The van der Waals surface area contributed by atoms with Crippen LogP contribution >= 0.6 is 0 Å². The van der Waals surface area contributed by atoms with Gasteiger partial charge in [0.05, 0.1) is 5.56 Å². The summed E-state index contributed by atoms with van der Waals surface area (Å²) in [5.41, 5.74) is 3.23. The summed E-state index contributed by atoms with van der Waals surface area (Å²) in [7, 11) is 0. The monoisotopic (exact) mass is 495 g/mol. The van der Waals surface area contributed by atoms with Gasteiger partial charge in [-0.15, -0.1) is 0 Å². The first-order chi connectivity index (χ1) is 16.9. The minimum atomic E-state index is -0.354. The maximum atomic E-state index is 14.6. The summed E-state index contributed by atoms with van der Waals surface area (Å²) in [5.74, 6) is 0.378. The summed E-state index contributed by atoms with van der Waals surface area (Å²) in [5, 5.41) is 2.87. The number of anilines is 1. The number of carbonyl (C=O) groups is 2. The van der Waals surface area contributed by atoms with Crippen LogP contribution in [0.4, 0.5) is 10.1 Å². The number of amides is 2. The number of aromatic nitrogens is 1. The molecule has 1 aromatic carbocycles. The van der Waals surface area contributed by atoms with Gasteiger partial charge < -0.3 is 10.2 Å². The summed E-state index contributed by atoms with van der Waals surface area (Å²) < 4.78 is 14.6. The molecule has 2 amide bonds. The number of pyridine rings is 1. The molecule has 1 N–H and O–H groups in total. The molecule has 196 valence electrons. The number of rotatable bonds is 7. The molecule has 3 rings (SSSR count). The van der Waals surface area contributed by atoms with Gasteiger partial charge in [0.15, 0.2) is 0 Å². The highest BCUT2D eigenvalue weighted by Gasteiger charge is 2.35. The van der Waals surface area contributed by atoms with Gasteiger partial charge in [-0.25, -0.2) is 4.39 Å². The molecule has 1 fully saturated rings. The molecule has 2 aromatic rings. The first kappa shape index (κ1) is 27.8. The van der Waals surface area contributed by atoms with E-state index in [-0.39, 0.29) is 29.1 Å². The van der Waals surface area contributed by atoms with Crippen LogP contribution in [0.15, 0.2) is 30.5 Å². The number of benzene rings is 1. The molecule has 3 atom stereocenters. The van der Waals surface area contributed by atoms with Crippen LogP contribution in [-0.2, 0) is 11.2 Å². The van der Waals surface area contributed by atoms with E-state index in [1.165, 1.54) is 12.3 Å². The number of aryl methyl sites for hydroxylation is 1. The molecular formula is C30H42FN3O2. The molecule has 1 aromatic heterocycles.